The number of likely N-dealkylation sites (N-methyl/N-ethyl adjacent to an activating group) is 1. The van der Waals surface area contributed by atoms with Crippen molar-refractivity contribution in [2.24, 2.45) is 0 Å². The monoisotopic (exact) mass is 335 g/mol. The highest BCUT2D eigenvalue weighted by atomic mass is 16.5. The van der Waals surface area contributed by atoms with E-state index in [1.54, 1.807) is 21.2 Å². The van der Waals surface area contributed by atoms with Crippen LogP contribution < -0.4 is 19.9 Å². The molecule has 132 valence electrons. The summed E-state index contributed by atoms with van der Waals surface area (Å²) in [5, 5.41) is 2.69. The number of benzene rings is 1. The predicted molar refractivity (Wildman–Crippen MR) is 92.5 cm³/mol. The van der Waals surface area contributed by atoms with E-state index in [0.717, 1.165) is 37.6 Å². The maximum atomic E-state index is 12.0. The van der Waals surface area contributed by atoms with Gasteiger partial charge in [-0.1, -0.05) is 12.1 Å². The Bertz CT molecular complexity index is 569. The minimum atomic E-state index is -0.0978. The zero-order chi connectivity index (χ0) is 17.5. The van der Waals surface area contributed by atoms with Crippen molar-refractivity contribution in [1.82, 2.24) is 10.2 Å². The number of piperazine rings is 1. The molecule has 24 heavy (non-hydrogen) atoms. The highest BCUT2D eigenvalue weighted by Gasteiger charge is 2.24. The van der Waals surface area contributed by atoms with Gasteiger partial charge in [0.25, 0.3) is 5.91 Å². The molecule has 2 amide bonds. The van der Waals surface area contributed by atoms with Gasteiger partial charge in [-0.25, -0.2) is 0 Å². The molecule has 0 unspecified atom stereocenters. The molecule has 0 aliphatic carbocycles. The molecule has 1 heterocycles. The van der Waals surface area contributed by atoms with Gasteiger partial charge in [0.2, 0.25) is 5.91 Å². The van der Waals surface area contributed by atoms with Crippen LogP contribution in [0, 0.1) is 0 Å². The minimum absolute atomic E-state index is 0.0620. The fraction of sp³-hybridized carbons (Fsp3) is 0.529. The number of ether oxygens (including phenoxy) is 1. The van der Waals surface area contributed by atoms with Crippen molar-refractivity contribution in [3.63, 3.8) is 0 Å². The van der Waals surface area contributed by atoms with Gasteiger partial charge in [0.15, 0.2) is 6.54 Å². The average molecular weight is 335 g/mol. The standard InChI is InChI=1S/C17H26N4O3/c1-19(2)17(23)12-18-16(22)13-20-8-10-21(11-9-20)14-6-4-5-7-15(14)24-3/h4-7H,8-13H2,1-3H3,(H,18,22)/p+1. The third-order valence-corrected chi connectivity index (χ3v) is 4.24. The number of carbonyl (C=O) groups is 2. The molecule has 0 spiro atoms. The van der Waals surface area contributed by atoms with Crippen LogP contribution in [0.3, 0.4) is 0 Å². The number of para-hydroxylation sites is 2. The van der Waals surface area contributed by atoms with Gasteiger partial charge < -0.3 is 24.8 Å². The minimum Gasteiger partial charge on any atom is -0.495 e. The lowest BCUT2D eigenvalue weighted by Gasteiger charge is -2.34. The van der Waals surface area contributed by atoms with Gasteiger partial charge in [-0.05, 0) is 12.1 Å². The third-order valence-electron chi connectivity index (χ3n) is 4.24. The fourth-order valence-electron chi connectivity index (χ4n) is 2.75. The highest BCUT2D eigenvalue weighted by Crippen LogP contribution is 2.27. The quantitative estimate of drug-likeness (QED) is 0.671. The number of nitrogens with one attached hydrogen (secondary N) is 2. The van der Waals surface area contributed by atoms with Crippen molar-refractivity contribution in [3.05, 3.63) is 24.3 Å². The Morgan fingerprint density at radius 1 is 1.25 bits per heavy atom. The van der Waals surface area contributed by atoms with E-state index in [1.807, 2.05) is 18.2 Å². The first-order valence-electron chi connectivity index (χ1n) is 8.19. The molecule has 0 radical (unpaired) electrons. The molecule has 0 bridgehead atoms. The van der Waals surface area contributed by atoms with Crippen LogP contribution in [-0.2, 0) is 9.59 Å². The van der Waals surface area contributed by atoms with E-state index in [1.165, 1.54) is 9.80 Å². The Balaban J connectivity index is 1.78. The lowest BCUT2D eigenvalue weighted by Crippen LogP contribution is -3.16. The summed E-state index contributed by atoms with van der Waals surface area (Å²) in [6.45, 7) is 3.98. The largest absolute Gasteiger partial charge is 0.495 e. The van der Waals surface area contributed by atoms with Crippen LogP contribution in [0.5, 0.6) is 5.75 Å². The Morgan fingerprint density at radius 3 is 2.54 bits per heavy atom. The molecule has 0 atom stereocenters. The number of hydrogen-bond donors (Lipinski definition) is 2. The molecule has 7 nitrogen and oxygen atoms in total. The number of anilines is 1. The second-order valence-corrected chi connectivity index (χ2v) is 6.15. The number of amides is 2. The van der Waals surface area contributed by atoms with Gasteiger partial charge in [-0.15, -0.1) is 0 Å². The van der Waals surface area contributed by atoms with Crippen LogP contribution in [0.2, 0.25) is 0 Å². The second-order valence-electron chi connectivity index (χ2n) is 6.15. The Kier molecular flexibility index (Phi) is 6.43. The summed E-state index contributed by atoms with van der Waals surface area (Å²) < 4.78 is 5.42. The van der Waals surface area contributed by atoms with Gasteiger partial charge in [0, 0.05) is 14.1 Å². The van der Waals surface area contributed by atoms with Crippen molar-refractivity contribution < 1.29 is 19.2 Å². The SMILES string of the molecule is COc1ccccc1N1CC[NH+](CC(=O)NCC(=O)N(C)C)CC1. The van der Waals surface area contributed by atoms with Gasteiger partial charge in [0.1, 0.15) is 5.75 Å². The summed E-state index contributed by atoms with van der Waals surface area (Å²) in [5.74, 6) is 0.700. The Labute approximate surface area is 143 Å². The van der Waals surface area contributed by atoms with Crippen LogP contribution in [-0.4, -0.2) is 77.2 Å². The van der Waals surface area contributed by atoms with Crippen LogP contribution in [0.1, 0.15) is 0 Å². The smallest absolute Gasteiger partial charge is 0.275 e. The predicted octanol–water partition coefficient (Wildman–Crippen LogP) is -1.40. The number of methoxy groups -OCH3 is 1. The zero-order valence-corrected chi connectivity index (χ0v) is 14.7. The Morgan fingerprint density at radius 2 is 1.92 bits per heavy atom. The van der Waals surface area contributed by atoms with Crippen LogP contribution >= 0.6 is 0 Å². The lowest BCUT2D eigenvalue weighted by molar-refractivity contribution is -0.892. The molecule has 1 saturated heterocycles. The molecule has 1 aromatic rings. The van der Waals surface area contributed by atoms with Crippen LogP contribution in [0.4, 0.5) is 5.69 Å². The van der Waals surface area contributed by atoms with Crippen LogP contribution in [0.25, 0.3) is 0 Å². The molecule has 1 aromatic carbocycles. The maximum absolute atomic E-state index is 12.0. The van der Waals surface area contributed by atoms with E-state index in [-0.39, 0.29) is 18.4 Å². The molecule has 1 aliphatic heterocycles. The molecule has 0 aromatic heterocycles. The molecule has 0 saturated carbocycles. The van der Waals surface area contributed by atoms with Gasteiger partial charge in [-0.2, -0.15) is 0 Å². The van der Waals surface area contributed by atoms with E-state index in [9.17, 15) is 9.59 Å². The van der Waals surface area contributed by atoms with E-state index < -0.39 is 0 Å². The molecule has 2 rings (SSSR count). The molecule has 7 heteroatoms. The first-order chi connectivity index (χ1) is 11.5. The second kappa shape index (κ2) is 8.54. The first kappa shape index (κ1) is 18.1. The van der Waals surface area contributed by atoms with E-state index >= 15 is 0 Å². The topological polar surface area (TPSA) is 66.3 Å². The summed E-state index contributed by atoms with van der Waals surface area (Å²) in [5.41, 5.74) is 1.10. The van der Waals surface area contributed by atoms with Crippen molar-refractivity contribution in [2.45, 2.75) is 0 Å². The van der Waals surface area contributed by atoms with E-state index in [4.69, 9.17) is 4.74 Å². The normalized spacial score (nSPS) is 15.0. The summed E-state index contributed by atoms with van der Waals surface area (Å²) in [7, 11) is 5.04. The lowest BCUT2D eigenvalue weighted by atomic mass is 10.2. The van der Waals surface area contributed by atoms with Gasteiger partial charge in [-0.3, -0.25) is 9.59 Å². The third kappa shape index (κ3) is 4.86. The van der Waals surface area contributed by atoms with Crippen molar-refractivity contribution in [3.8, 4) is 5.75 Å². The van der Waals surface area contributed by atoms with Gasteiger partial charge in [0.05, 0.1) is 45.5 Å². The number of quaternary nitrogens is 1. The van der Waals surface area contributed by atoms with Crippen LogP contribution in [0.15, 0.2) is 24.3 Å². The van der Waals surface area contributed by atoms with Crippen molar-refractivity contribution in [1.29, 1.82) is 0 Å². The highest BCUT2D eigenvalue weighted by molar-refractivity contribution is 5.84. The molecule has 1 aliphatic rings. The zero-order valence-electron chi connectivity index (χ0n) is 14.7. The molecule has 2 N–H and O–H groups in total. The fourth-order valence-corrected chi connectivity index (χ4v) is 2.75. The molecular formula is C17H27N4O3+. The number of nitrogens with zero attached hydrogens (tertiary/aromatic N) is 2. The van der Waals surface area contributed by atoms with E-state index in [0.29, 0.717) is 6.54 Å². The maximum Gasteiger partial charge on any atom is 0.275 e. The summed E-state index contributed by atoms with van der Waals surface area (Å²) >= 11 is 0. The number of rotatable bonds is 6. The molecular weight excluding hydrogens is 308 g/mol. The Hall–Kier alpha value is -2.28. The average Bonchev–Trinajstić information content (AvgIpc) is 2.60. The van der Waals surface area contributed by atoms with Crippen molar-refractivity contribution >= 4 is 17.5 Å². The number of carbonyl (C=O) groups excluding carboxylic acids is 2. The van der Waals surface area contributed by atoms with E-state index in [2.05, 4.69) is 16.3 Å². The van der Waals surface area contributed by atoms with Crippen molar-refractivity contribution in [2.75, 3.05) is 65.4 Å². The summed E-state index contributed by atoms with van der Waals surface area (Å²) in [6.07, 6.45) is 0. The summed E-state index contributed by atoms with van der Waals surface area (Å²) in [4.78, 5) is 28.4. The number of hydrogen-bond acceptors (Lipinski definition) is 4. The van der Waals surface area contributed by atoms with Gasteiger partial charge >= 0.3 is 0 Å². The summed E-state index contributed by atoms with van der Waals surface area (Å²) in [6, 6.07) is 7.99. The first-order valence-corrected chi connectivity index (χ1v) is 8.19. The molecule has 1 fully saturated rings.